The van der Waals surface area contributed by atoms with Gasteiger partial charge in [-0.25, -0.2) is 4.79 Å². The zero-order valence-corrected chi connectivity index (χ0v) is 9.43. The van der Waals surface area contributed by atoms with Crippen LogP contribution in [0.15, 0.2) is 0 Å². The highest BCUT2D eigenvalue weighted by Crippen LogP contribution is 2.05. The van der Waals surface area contributed by atoms with Gasteiger partial charge in [-0.1, -0.05) is 11.8 Å². The Hall–Kier alpha value is -1.08. The Bertz CT molecular complexity index is 257. The Balaban J connectivity index is 4.18. The highest BCUT2D eigenvalue weighted by molar-refractivity contribution is 8.13. The first-order chi connectivity index (χ1) is 7.01. The lowest BCUT2D eigenvalue weighted by Crippen LogP contribution is -2.42. The van der Waals surface area contributed by atoms with Gasteiger partial charge in [-0.15, -0.1) is 0 Å². The predicted octanol–water partition coefficient (Wildman–Crippen LogP) is -1.12. The molecule has 3 N–H and O–H groups in total. The van der Waals surface area contributed by atoms with Crippen molar-refractivity contribution in [3.63, 3.8) is 0 Å². The van der Waals surface area contributed by atoms with Crippen LogP contribution in [0, 0.1) is 0 Å². The average molecular weight is 234 g/mol. The van der Waals surface area contributed by atoms with Gasteiger partial charge in [0.05, 0.1) is 13.7 Å². The number of thioether (sulfide) groups is 1. The van der Waals surface area contributed by atoms with Gasteiger partial charge in [0.1, 0.15) is 6.04 Å². The molecule has 1 amide bonds. The second kappa shape index (κ2) is 7.24. The van der Waals surface area contributed by atoms with Crippen molar-refractivity contribution in [1.29, 1.82) is 0 Å². The van der Waals surface area contributed by atoms with E-state index in [1.54, 1.807) is 0 Å². The maximum atomic E-state index is 11.2. The van der Waals surface area contributed by atoms with Crippen molar-refractivity contribution < 1.29 is 19.1 Å². The lowest BCUT2D eigenvalue weighted by atomic mass is 10.3. The predicted molar refractivity (Wildman–Crippen MR) is 56.1 cm³/mol. The third-order valence-electron chi connectivity index (χ3n) is 1.44. The van der Waals surface area contributed by atoms with Gasteiger partial charge in [-0.3, -0.25) is 9.59 Å². The van der Waals surface area contributed by atoms with Crippen molar-refractivity contribution in [2.75, 3.05) is 19.4 Å². The number of hydrogen-bond acceptors (Lipinski definition) is 6. The van der Waals surface area contributed by atoms with E-state index in [0.717, 1.165) is 11.8 Å². The number of nitrogens with one attached hydrogen (secondary N) is 1. The first kappa shape index (κ1) is 13.9. The molecule has 0 fully saturated rings. The summed E-state index contributed by atoms with van der Waals surface area (Å²) in [5, 5.41) is 2.14. The quantitative estimate of drug-likeness (QED) is 0.585. The fourth-order valence-electron chi connectivity index (χ4n) is 0.791. The number of ether oxygens (including phenoxy) is 1. The van der Waals surface area contributed by atoms with Gasteiger partial charge < -0.3 is 15.8 Å². The number of rotatable bonds is 5. The summed E-state index contributed by atoms with van der Waals surface area (Å²) in [5.74, 6) is -0.809. The molecule has 0 aromatic rings. The van der Waals surface area contributed by atoms with Crippen LogP contribution in [0.1, 0.15) is 6.92 Å². The van der Waals surface area contributed by atoms with Gasteiger partial charge >= 0.3 is 5.97 Å². The lowest BCUT2D eigenvalue weighted by molar-refractivity contribution is -0.144. The van der Waals surface area contributed by atoms with Crippen LogP contribution in [0.2, 0.25) is 0 Å². The number of carbonyl (C=O) groups excluding carboxylic acids is 3. The van der Waals surface area contributed by atoms with Crippen LogP contribution in [0.3, 0.4) is 0 Å². The van der Waals surface area contributed by atoms with E-state index in [1.165, 1.54) is 14.0 Å². The summed E-state index contributed by atoms with van der Waals surface area (Å²) in [6.45, 7) is 1.18. The summed E-state index contributed by atoms with van der Waals surface area (Å²) < 4.78 is 4.47. The molecule has 0 heterocycles. The molecular formula is C8H14N2O4S. The maximum absolute atomic E-state index is 11.2. The lowest BCUT2D eigenvalue weighted by Gasteiger charge is -2.13. The standard InChI is InChI=1S/C8H14N2O4S/c1-5(11)10-6(8(13)14-2)4-15-7(12)3-9/h6H,3-4,9H2,1-2H3,(H,10,11)/t6-/m0/s1. The Kier molecular flexibility index (Phi) is 6.72. The SMILES string of the molecule is COC(=O)[C@H](CSC(=O)CN)NC(C)=O. The Morgan fingerprint density at radius 2 is 2.07 bits per heavy atom. The van der Waals surface area contributed by atoms with Gasteiger partial charge in [0.2, 0.25) is 11.0 Å². The molecule has 0 unspecified atom stereocenters. The molecule has 0 radical (unpaired) electrons. The summed E-state index contributed by atoms with van der Waals surface area (Å²) in [6.07, 6.45) is 0. The van der Waals surface area contributed by atoms with Crippen LogP contribution in [-0.4, -0.2) is 42.4 Å². The molecule has 0 aliphatic carbocycles. The fourth-order valence-corrected chi connectivity index (χ4v) is 1.48. The van der Waals surface area contributed by atoms with E-state index in [9.17, 15) is 14.4 Å². The minimum Gasteiger partial charge on any atom is -0.467 e. The van der Waals surface area contributed by atoms with Crippen molar-refractivity contribution in [1.82, 2.24) is 5.32 Å². The van der Waals surface area contributed by atoms with Crippen LogP contribution >= 0.6 is 11.8 Å². The number of methoxy groups -OCH3 is 1. The maximum Gasteiger partial charge on any atom is 0.329 e. The topological polar surface area (TPSA) is 98.5 Å². The summed E-state index contributed by atoms with van der Waals surface area (Å²) in [4.78, 5) is 32.8. The average Bonchev–Trinajstić information content (AvgIpc) is 2.21. The van der Waals surface area contributed by atoms with E-state index in [-0.39, 0.29) is 23.3 Å². The van der Waals surface area contributed by atoms with Gasteiger partial charge in [-0.2, -0.15) is 0 Å². The van der Waals surface area contributed by atoms with E-state index >= 15 is 0 Å². The monoisotopic (exact) mass is 234 g/mol. The Morgan fingerprint density at radius 3 is 2.47 bits per heavy atom. The smallest absolute Gasteiger partial charge is 0.329 e. The second-order valence-corrected chi connectivity index (χ2v) is 3.74. The molecule has 15 heavy (non-hydrogen) atoms. The first-order valence-corrected chi connectivity index (χ1v) is 5.20. The molecule has 0 aliphatic heterocycles. The van der Waals surface area contributed by atoms with Crippen LogP contribution in [0.5, 0.6) is 0 Å². The molecule has 0 saturated carbocycles. The van der Waals surface area contributed by atoms with E-state index in [2.05, 4.69) is 10.1 Å². The third kappa shape index (κ3) is 6.08. The van der Waals surface area contributed by atoms with Gasteiger partial charge in [0.25, 0.3) is 0 Å². The third-order valence-corrected chi connectivity index (χ3v) is 2.43. The molecule has 0 spiro atoms. The molecule has 0 aromatic carbocycles. The Labute approximate surface area is 91.9 Å². The number of esters is 1. The first-order valence-electron chi connectivity index (χ1n) is 4.21. The van der Waals surface area contributed by atoms with Crippen LogP contribution < -0.4 is 11.1 Å². The molecule has 0 bridgehead atoms. The summed E-state index contributed by atoms with van der Waals surface area (Å²) in [7, 11) is 1.21. The van der Waals surface area contributed by atoms with Crippen molar-refractivity contribution in [3.05, 3.63) is 0 Å². The highest BCUT2D eigenvalue weighted by atomic mass is 32.2. The number of nitrogens with two attached hydrogens (primary N) is 1. The highest BCUT2D eigenvalue weighted by Gasteiger charge is 2.21. The second-order valence-electron chi connectivity index (χ2n) is 2.66. The molecule has 1 atom stereocenters. The molecule has 86 valence electrons. The van der Waals surface area contributed by atoms with E-state index in [4.69, 9.17) is 5.73 Å². The van der Waals surface area contributed by atoms with Crippen LogP contribution in [-0.2, 0) is 19.1 Å². The zero-order chi connectivity index (χ0) is 11.8. The molecule has 7 heteroatoms. The molecular weight excluding hydrogens is 220 g/mol. The minimum atomic E-state index is -0.812. The molecule has 0 saturated heterocycles. The molecule has 6 nitrogen and oxygen atoms in total. The molecule has 0 aromatic heterocycles. The van der Waals surface area contributed by atoms with Crippen molar-refractivity contribution in [2.45, 2.75) is 13.0 Å². The number of carbonyl (C=O) groups is 3. The largest absolute Gasteiger partial charge is 0.467 e. The Morgan fingerprint density at radius 1 is 1.47 bits per heavy atom. The van der Waals surface area contributed by atoms with E-state index in [0.29, 0.717) is 0 Å². The van der Waals surface area contributed by atoms with Crippen LogP contribution in [0.25, 0.3) is 0 Å². The van der Waals surface area contributed by atoms with Crippen molar-refractivity contribution >= 4 is 28.8 Å². The number of amides is 1. The van der Waals surface area contributed by atoms with E-state index in [1.807, 2.05) is 0 Å². The van der Waals surface area contributed by atoms with Gasteiger partial charge in [0.15, 0.2) is 0 Å². The summed E-state index contributed by atoms with van der Waals surface area (Å²) >= 11 is 0.891. The fraction of sp³-hybridized carbons (Fsp3) is 0.625. The van der Waals surface area contributed by atoms with Gasteiger partial charge in [-0.05, 0) is 0 Å². The summed E-state index contributed by atoms with van der Waals surface area (Å²) in [6, 6.07) is -0.812. The molecule has 0 rings (SSSR count). The van der Waals surface area contributed by atoms with E-state index < -0.39 is 12.0 Å². The van der Waals surface area contributed by atoms with Gasteiger partial charge in [0, 0.05) is 12.7 Å². The summed E-state index contributed by atoms with van der Waals surface area (Å²) in [5.41, 5.74) is 5.09. The zero-order valence-electron chi connectivity index (χ0n) is 8.61. The van der Waals surface area contributed by atoms with Crippen molar-refractivity contribution in [2.24, 2.45) is 5.73 Å². The van der Waals surface area contributed by atoms with Crippen LogP contribution in [0.4, 0.5) is 0 Å². The number of hydrogen-bond donors (Lipinski definition) is 2. The minimum absolute atomic E-state index is 0.0986. The normalized spacial score (nSPS) is 11.7. The molecule has 0 aliphatic rings. The van der Waals surface area contributed by atoms with Crippen molar-refractivity contribution in [3.8, 4) is 0 Å².